The molecule has 4 nitrogen and oxygen atoms in total. The first-order valence-electron chi connectivity index (χ1n) is 8.62. The SMILES string of the molecule is Cc1ccc2nc(-c3cccc4c3-c3ccccc3[C@H]4C(N)=O)[nH]c2c1. The molecule has 5 rings (SSSR count). The van der Waals surface area contributed by atoms with Crippen molar-refractivity contribution in [1.29, 1.82) is 0 Å². The van der Waals surface area contributed by atoms with Crippen LogP contribution in [0.25, 0.3) is 33.5 Å². The van der Waals surface area contributed by atoms with E-state index in [1.165, 1.54) is 5.56 Å². The predicted octanol–water partition coefficient (Wildman–Crippen LogP) is 4.14. The second-order valence-electron chi connectivity index (χ2n) is 6.80. The number of carbonyl (C=O) groups excluding carboxylic acids is 1. The third-order valence-electron chi connectivity index (χ3n) is 5.13. The molecule has 1 aliphatic carbocycles. The molecule has 0 radical (unpaired) electrons. The van der Waals surface area contributed by atoms with Gasteiger partial charge >= 0.3 is 0 Å². The molecule has 126 valence electrons. The van der Waals surface area contributed by atoms with E-state index in [-0.39, 0.29) is 5.91 Å². The highest BCUT2D eigenvalue weighted by atomic mass is 16.1. The summed E-state index contributed by atoms with van der Waals surface area (Å²) in [7, 11) is 0. The zero-order valence-electron chi connectivity index (χ0n) is 14.3. The van der Waals surface area contributed by atoms with Crippen LogP contribution in [0.3, 0.4) is 0 Å². The van der Waals surface area contributed by atoms with Gasteiger partial charge in [-0.05, 0) is 46.9 Å². The molecule has 0 spiro atoms. The summed E-state index contributed by atoms with van der Waals surface area (Å²) >= 11 is 0. The lowest BCUT2D eigenvalue weighted by atomic mass is 9.95. The standard InChI is InChI=1S/C22H17N3O/c1-12-9-10-17-18(11-12)25-22(24-17)16-8-4-7-15-19(16)13-5-2-3-6-14(13)20(15)21(23)26/h2-11,20H,1H3,(H2,23,26)(H,24,25)/t20-/m1/s1. The van der Waals surface area contributed by atoms with Gasteiger partial charge in [0.1, 0.15) is 5.82 Å². The fraction of sp³-hybridized carbons (Fsp3) is 0.0909. The molecule has 1 aliphatic rings. The number of hydrogen-bond acceptors (Lipinski definition) is 2. The van der Waals surface area contributed by atoms with Crippen molar-refractivity contribution < 1.29 is 4.79 Å². The Labute approximate surface area is 150 Å². The summed E-state index contributed by atoms with van der Waals surface area (Å²) in [6.45, 7) is 2.06. The lowest BCUT2D eigenvalue weighted by Gasteiger charge is -2.09. The van der Waals surface area contributed by atoms with Crippen LogP contribution in [0, 0.1) is 6.92 Å². The molecule has 4 aromatic rings. The maximum absolute atomic E-state index is 12.2. The van der Waals surface area contributed by atoms with Crippen molar-refractivity contribution >= 4 is 16.9 Å². The van der Waals surface area contributed by atoms with Gasteiger partial charge in [0, 0.05) is 5.56 Å². The molecule has 0 fully saturated rings. The van der Waals surface area contributed by atoms with Crippen LogP contribution < -0.4 is 5.73 Å². The van der Waals surface area contributed by atoms with Crippen LogP contribution in [-0.4, -0.2) is 15.9 Å². The largest absolute Gasteiger partial charge is 0.369 e. The minimum atomic E-state index is -0.409. The molecule has 1 amide bonds. The number of aromatic amines is 1. The second-order valence-corrected chi connectivity index (χ2v) is 6.80. The van der Waals surface area contributed by atoms with Crippen molar-refractivity contribution in [2.24, 2.45) is 5.73 Å². The zero-order valence-corrected chi connectivity index (χ0v) is 14.3. The fourth-order valence-electron chi connectivity index (χ4n) is 4.01. The molecule has 0 saturated heterocycles. The first-order valence-corrected chi connectivity index (χ1v) is 8.62. The second kappa shape index (κ2) is 5.30. The van der Waals surface area contributed by atoms with E-state index in [9.17, 15) is 4.79 Å². The number of amides is 1. The number of primary amides is 1. The quantitative estimate of drug-likeness (QED) is 0.576. The fourth-order valence-corrected chi connectivity index (χ4v) is 4.01. The Morgan fingerprint density at radius 2 is 1.77 bits per heavy atom. The van der Waals surface area contributed by atoms with Gasteiger partial charge in [0.05, 0.1) is 17.0 Å². The Kier molecular flexibility index (Phi) is 3.04. The molecule has 26 heavy (non-hydrogen) atoms. The summed E-state index contributed by atoms with van der Waals surface area (Å²) in [6.07, 6.45) is 0. The minimum absolute atomic E-state index is 0.325. The predicted molar refractivity (Wildman–Crippen MR) is 103 cm³/mol. The van der Waals surface area contributed by atoms with Crippen molar-refractivity contribution in [3.63, 3.8) is 0 Å². The van der Waals surface area contributed by atoms with E-state index in [2.05, 4.69) is 24.0 Å². The van der Waals surface area contributed by atoms with Gasteiger partial charge in [-0.15, -0.1) is 0 Å². The Bertz CT molecular complexity index is 1190. The number of nitrogens with zero attached hydrogens (tertiary/aromatic N) is 1. The molecule has 4 heteroatoms. The summed E-state index contributed by atoms with van der Waals surface area (Å²) in [6, 6.07) is 20.1. The number of hydrogen-bond donors (Lipinski definition) is 2. The maximum atomic E-state index is 12.2. The van der Waals surface area contributed by atoms with E-state index in [4.69, 9.17) is 10.7 Å². The summed E-state index contributed by atoms with van der Waals surface area (Å²) in [4.78, 5) is 20.4. The molecule has 0 aliphatic heterocycles. The van der Waals surface area contributed by atoms with Gasteiger partial charge in [0.25, 0.3) is 0 Å². The van der Waals surface area contributed by atoms with E-state index in [1.807, 2.05) is 48.5 Å². The van der Waals surface area contributed by atoms with Crippen LogP contribution in [0.15, 0.2) is 60.7 Å². The lowest BCUT2D eigenvalue weighted by Crippen LogP contribution is -2.20. The lowest BCUT2D eigenvalue weighted by molar-refractivity contribution is -0.118. The topological polar surface area (TPSA) is 71.8 Å². The van der Waals surface area contributed by atoms with E-state index in [1.54, 1.807) is 0 Å². The maximum Gasteiger partial charge on any atom is 0.229 e. The average Bonchev–Trinajstić information content (AvgIpc) is 3.19. The third-order valence-corrected chi connectivity index (χ3v) is 5.13. The van der Waals surface area contributed by atoms with E-state index < -0.39 is 5.92 Å². The van der Waals surface area contributed by atoms with Crippen molar-refractivity contribution in [3.8, 4) is 22.5 Å². The number of fused-ring (bicyclic) bond motifs is 4. The normalized spacial score (nSPS) is 15.0. The number of nitrogens with two attached hydrogens (primary N) is 1. The van der Waals surface area contributed by atoms with Crippen LogP contribution in [0.4, 0.5) is 0 Å². The van der Waals surface area contributed by atoms with Gasteiger partial charge in [-0.2, -0.15) is 0 Å². The minimum Gasteiger partial charge on any atom is -0.369 e. The zero-order chi connectivity index (χ0) is 17.8. The highest BCUT2D eigenvalue weighted by Crippen LogP contribution is 2.48. The molecular formula is C22H17N3O. The van der Waals surface area contributed by atoms with E-state index >= 15 is 0 Å². The number of benzene rings is 3. The van der Waals surface area contributed by atoms with Crippen LogP contribution in [0.2, 0.25) is 0 Å². The van der Waals surface area contributed by atoms with Crippen LogP contribution in [-0.2, 0) is 4.79 Å². The summed E-state index contributed by atoms with van der Waals surface area (Å²) in [5.41, 5.74) is 13.9. The summed E-state index contributed by atoms with van der Waals surface area (Å²) < 4.78 is 0. The van der Waals surface area contributed by atoms with Gasteiger partial charge in [0.2, 0.25) is 5.91 Å². The molecular weight excluding hydrogens is 322 g/mol. The molecule has 3 N–H and O–H groups in total. The number of nitrogens with one attached hydrogen (secondary N) is 1. The van der Waals surface area contributed by atoms with E-state index in [0.717, 1.165) is 44.7 Å². The summed E-state index contributed by atoms with van der Waals surface area (Å²) in [5.74, 6) is 0.0729. The van der Waals surface area contributed by atoms with Crippen molar-refractivity contribution in [2.75, 3.05) is 0 Å². The Morgan fingerprint density at radius 1 is 1.00 bits per heavy atom. The van der Waals surface area contributed by atoms with Crippen molar-refractivity contribution in [1.82, 2.24) is 9.97 Å². The molecule has 1 aromatic heterocycles. The molecule has 0 bridgehead atoms. The van der Waals surface area contributed by atoms with Gasteiger partial charge < -0.3 is 10.7 Å². The molecule has 0 unspecified atom stereocenters. The molecule has 0 saturated carbocycles. The van der Waals surface area contributed by atoms with Crippen molar-refractivity contribution in [2.45, 2.75) is 12.8 Å². The monoisotopic (exact) mass is 339 g/mol. The Morgan fingerprint density at radius 3 is 2.62 bits per heavy atom. The van der Waals surface area contributed by atoms with Crippen molar-refractivity contribution in [3.05, 3.63) is 77.4 Å². The first kappa shape index (κ1) is 14.9. The Hall–Kier alpha value is -3.40. The van der Waals surface area contributed by atoms with Crippen LogP contribution in [0.5, 0.6) is 0 Å². The number of aryl methyl sites for hydroxylation is 1. The number of carbonyl (C=O) groups is 1. The number of aromatic nitrogens is 2. The average molecular weight is 339 g/mol. The van der Waals surface area contributed by atoms with Crippen LogP contribution in [0.1, 0.15) is 22.6 Å². The molecule has 1 heterocycles. The first-order chi connectivity index (χ1) is 12.6. The molecule has 3 aromatic carbocycles. The summed E-state index contributed by atoms with van der Waals surface area (Å²) in [5, 5.41) is 0. The van der Waals surface area contributed by atoms with E-state index in [0.29, 0.717) is 0 Å². The van der Waals surface area contributed by atoms with Gasteiger partial charge in [-0.3, -0.25) is 4.79 Å². The third kappa shape index (κ3) is 2.02. The smallest absolute Gasteiger partial charge is 0.229 e. The van der Waals surface area contributed by atoms with Gasteiger partial charge in [0.15, 0.2) is 0 Å². The number of H-pyrrole nitrogens is 1. The highest BCUT2D eigenvalue weighted by Gasteiger charge is 2.34. The number of imidazole rings is 1. The van der Waals surface area contributed by atoms with Gasteiger partial charge in [-0.1, -0.05) is 48.5 Å². The Balaban J connectivity index is 1.80. The number of rotatable bonds is 2. The molecule has 1 atom stereocenters. The van der Waals surface area contributed by atoms with Gasteiger partial charge in [-0.25, -0.2) is 4.98 Å². The van der Waals surface area contributed by atoms with Crippen LogP contribution >= 0.6 is 0 Å². The highest BCUT2D eigenvalue weighted by molar-refractivity contribution is 6.00.